The lowest BCUT2D eigenvalue weighted by atomic mass is 10.1. The van der Waals surface area contributed by atoms with Gasteiger partial charge < -0.3 is 10.4 Å². The zero-order chi connectivity index (χ0) is 12.3. The zero-order valence-electron chi connectivity index (χ0n) is 9.52. The summed E-state index contributed by atoms with van der Waals surface area (Å²) in [5, 5.41) is 23.0. The largest absolute Gasteiger partial charge is 0.389 e. The molecule has 0 aliphatic carbocycles. The molecule has 0 amide bonds. The van der Waals surface area contributed by atoms with Gasteiger partial charge in [0, 0.05) is 12.6 Å². The number of aliphatic hydroxyl groups is 1. The maximum absolute atomic E-state index is 10.6. The molecule has 0 aliphatic rings. The van der Waals surface area contributed by atoms with Crippen LogP contribution in [0.15, 0.2) is 12.1 Å². The smallest absolute Gasteiger partial charge is 0.290 e. The Hall–Kier alpha value is -1.69. The lowest BCUT2D eigenvalue weighted by molar-refractivity contribution is -0.385. The van der Waals surface area contributed by atoms with Crippen molar-refractivity contribution in [2.45, 2.75) is 26.4 Å². The first-order valence-corrected chi connectivity index (χ1v) is 4.88. The van der Waals surface area contributed by atoms with E-state index in [0.717, 1.165) is 0 Å². The first-order chi connectivity index (χ1) is 7.29. The van der Waals surface area contributed by atoms with E-state index in [1.54, 1.807) is 20.8 Å². The topological polar surface area (TPSA) is 88.3 Å². The van der Waals surface area contributed by atoms with Gasteiger partial charge in [-0.3, -0.25) is 10.1 Å². The molecule has 6 nitrogen and oxygen atoms in total. The van der Waals surface area contributed by atoms with Crippen LogP contribution >= 0.6 is 0 Å². The molecular formula is C10H15N3O3. The van der Waals surface area contributed by atoms with Crippen molar-refractivity contribution in [2.24, 2.45) is 0 Å². The highest BCUT2D eigenvalue weighted by molar-refractivity contribution is 5.44. The molecule has 0 aliphatic heterocycles. The Morgan fingerprint density at radius 3 is 2.62 bits per heavy atom. The van der Waals surface area contributed by atoms with E-state index in [0.29, 0.717) is 18.1 Å². The summed E-state index contributed by atoms with van der Waals surface area (Å²) < 4.78 is 0. The number of pyridine rings is 1. The average Bonchev–Trinajstić information content (AvgIpc) is 2.13. The fourth-order valence-electron chi connectivity index (χ4n) is 1.15. The summed E-state index contributed by atoms with van der Waals surface area (Å²) in [5.41, 5.74) is -0.503. The van der Waals surface area contributed by atoms with Gasteiger partial charge >= 0.3 is 0 Å². The number of aromatic nitrogens is 1. The lowest BCUT2D eigenvalue weighted by Crippen LogP contribution is -2.29. The summed E-state index contributed by atoms with van der Waals surface area (Å²) in [6, 6.07) is 2.92. The number of hydrogen-bond acceptors (Lipinski definition) is 5. The fourth-order valence-corrected chi connectivity index (χ4v) is 1.15. The summed E-state index contributed by atoms with van der Waals surface area (Å²) in [4.78, 5) is 14.1. The van der Waals surface area contributed by atoms with E-state index in [-0.39, 0.29) is 5.69 Å². The van der Waals surface area contributed by atoms with Crippen molar-refractivity contribution in [3.63, 3.8) is 0 Å². The van der Waals surface area contributed by atoms with Crippen molar-refractivity contribution in [3.8, 4) is 0 Å². The predicted octanol–water partition coefficient (Wildman–Crippen LogP) is 1.48. The Morgan fingerprint density at radius 2 is 2.19 bits per heavy atom. The SMILES string of the molecule is Cc1nc(NCC(C)(C)O)ccc1[N+](=O)[O-]. The zero-order valence-corrected chi connectivity index (χ0v) is 9.52. The number of nitrogens with one attached hydrogen (secondary N) is 1. The normalized spacial score (nSPS) is 11.2. The summed E-state index contributed by atoms with van der Waals surface area (Å²) in [6.45, 7) is 5.24. The van der Waals surface area contributed by atoms with E-state index < -0.39 is 10.5 Å². The van der Waals surface area contributed by atoms with Crippen LogP contribution in [0.1, 0.15) is 19.5 Å². The summed E-state index contributed by atoms with van der Waals surface area (Å²) in [7, 11) is 0. The highest BCUT2D eigenvalue weighted by Crippen LogP contribution is 2.18. The Labute approximate surface area is 93.5 Å². The molecule has 6 heteroatoms. The number of anilines is 1. The second-order valence-corrected chi connectivity index (χ2v) is 4.22. The first-order valence-electron chi connectivity index (χ1n) is 4.88. The van der Waals surface area contributed by atoms with Gasteiger partial charge in [-0.15, -0.1) is 0 Å². The van der Waals surface area contributed by atoms with E-state index in [9.17, 15) is 15.2 Å². The molecule has 16 heavy (non-hydrogen) atoms. The molecule has 0 saturated carbocycles. The summed E-state index contributed by atoms with van der Waals surface area (Å²) >= 11 is 0. The van der Waals surface area contributed by atoms with Gasteiger partial charge in [0.15, 0.2) is 0 Å². The molecule has 1 aromatic heterocycles. The van der Waals surface area contributed by atoms with Crippen LogP contribution in [-0.2, 0) is 0 Å². The molecule has 0 spiro atoms. The third-order valence-corrected chi connectivity index (χ3v) is 1.96. The minimum absolute atomic E-state index is 0.00573. The number of nitrogens with zero attached hydrogens (tertiary/aromatic N) is 2. The maximum Gasteiger partial charge on any atom is 0.290 e. The highest BCUT2D eigenvalue weighted by atomic mass is 16.6. The molecule has 2 N–H and O–H groups in total. The third-order valence-electron chi connectivity index (χ3n) is 1.96. The van der Waals surface area contributed by atoms with Crippen LogP contribution in [-0.4, -0.2) is 27.2 Å². The van der Waals surface area contributed by atoms with Gasteiger partial charge in [0.2, 0.25) is 0 Å². The quantitative estimate of drug-likeness (QED) is 0.598. The Kier molecular flexibility index (Phi) is 3.44. The van der Waals surface area contributed by atoms with Crippen molar-refractivity contribution in [1.29, 1.82) is 0 Å². The van der Waals surface area contributed by atoms with Gasteiger partial charge in [0.1, 0.15) is 11.5 Å². The van der Waals surface area contributed by atoms with Crippen LogP contribution in [0, 0.1) is 17.0 Å². The van der Waals surface area contributed by atoms with E-state index in [1.165, 1.54) is 12.1 Å². The van der Waals surface area contributed by atoms with Gasteiger partial charge in [-0.05, 0) is 26.8 Å². The first kappa shape index (κ1) is 12.4. The molecule has 1 aromatic rings. The highest BCUT2D eigenvalue weighted by Gasteiger charge is 2.14. The van der Waals surface area contributed by atoms with Crippen molar-refractivity contribution in [1.82, 2.24) is 4.98 Å². The molecule has 0 bridgehead atoms. The Bertz CT molecular complexity index is 399. The van der Waals surface area contributed by atoms with E-state index in [4.69, 9.17) is 0 Å². The summed E-state index contributed by atoms with van der Waals surface area (Å²) in [5.74, 6) is 0.519. The molecule has 88 valence electrons. The van der Waals surface area contributed by atoms with Crippen molar-refractivity contribution in [2.75, 3.05) is 11.9 Å². The average molecular weight is 225 g/mol. The molecule has 1 heterocycles. The summed E-state index contributed by atoms with van der Waals surface area (Å²) in [6.07, 6.45) is 0. The molecule has 0 aromatic carbocycles. The molecule has 0 radical (unpaired) electrons. The predicted molar refractivity (Wildman–Crippen MR) is 60.4 cm³/mol. The van der Waals surface area contributed by atoms with Crippen molar-refractivity contribution >= 4 is 11.5 Å². The van der Waals surface area contributed by atoms with Gasteiger partial charge in [-0.1, -0.05) is 0 Å². The van der Waals surface area contributed by atoms with Gasteiger partial charge in [0.25, 0.3) is 5.69 Å². The van der Waals surface area contributed by atoms with Crippen LogP contribution in [0.2, 0.25) is 0 Å². The standard InChI is InChI=1S/C10H15N3O3/c1-7-8(13(15)16)4-5-9(12-7)11-6-10(2,3)14/h4-5,14H,6H2,1-3H3,(H,11,12). The van der Waals surface area contributed by atoms with Gasteiger partial charge in [0.05, 0.1) is 10.5 Å². The van der Waals surface area contributed by atoms with E-state index in [2.05, 4.69) is 10.3 Å². The number of aryl methyl sites for hydroxylation is 1. The molecule has 0 fully saturated rings. The minimum atomic E-state index is -0.850. The molecular weight excluding hydrogens is 210 g/mol. The van der Waals surface area contributed by atoms with Gasteiger partial charge in [-0.2, -0.15) is 0 Å². The number of nitro groups is 1. The molecule has 1 rings (SSSR count). The van der Waals surface area contributed by atoms with Crippen LogP contribution in [0.4, 0.5) is 11.5 Å². The molecule has 0 atom stereocenters. The minimum Gasteiger partial charge on any atom is -0.389 e. The maximum atomic E-state index is 10.6. The third kappa shape index (κ3) is 3.47. The Balaban J connectivity index is 2.78. The van der Waals surface area contributed by atoms with Crippen LogP contribution in [0.25, 0.3) is 0 Å². The molecule has 0 saturated heterocycles. The fraction of sp³-hybridized carbons (Fsp3) is 0.500. The van der Waals surface area contributed by atoms with Crippen molar-refractivity contribution in [3.05, 3.63) is 27.9 Å². The van der Waals surface area contributed by atoms with Gasteiger partial charge in [-0.25, -0.2) is 4.98 Å². The second-order valence-electron chi connectivity index (χ2n) is 4.22. The Morgan fingerprint density at radius 1 is 1.56 bits per heavy atom. The van der Waals surface area contributed by atoms with E-state index >= 15 is 0 Å². The van der Waals surface area contributed by atoms with Crippen molar-refractivity contribution < 1.29 is 10.0 Å². The van der Waals surface area contributed by atoms with Crippen LogP contribution < -0.4 is 5.32 Å². The number of rotatable bonds is 4. The van der Waals surface area contributed by atoms with Crippen LogP contribution in [0.3, 0.4) is 0 Å². The molecule has 0 unspecified atom stereocenters. The lowest BCUT2D eigenvalue weighted by Gasteiger charge is -2.18. The number of hydrogen-bond donors (Lipinski definition) is 2. The second kappa shape index (κ2) is 4.44. The monoisotopic (exact) mass is 225 g/mol. The van der Waals surface area contributed by atoms with E-state index in [1.807, 2.05) is 0 Å². The van der Waals surface area contributed by atoms with Crippen LogP contribution in [0.5, 0.6) is 0 Å².